The van der Waals surface area contributed by atoms with Crippen molar-refractivity contribution >= 4 is 23.1 Å². The maximum Gasteiger partial charge on any atom is 0.416 e. The lowest BCUT2D eigenvalue weighted by Gasteiger charge is -2.29. The van der Waals surface area contributed by atoms with Crippen LogP contribution in [0.3, 0.4) is 0 Å². The van der Waals surface area contributed by atoms with Crippen molar-refractivity contribution in [3.05, 3.63) is 46.9 Å². The molecular formula is C16H16ClF3N4O. The van der Waals surface area contributed by atoms with Gasteiger partial charge in [0.1, 0.15) is 11.0 Å². The number of rotatable bonds is 4. The zero-order valence-corrected chi connectivity index (χ0v) is 13.9. The highest BCUT2D eigenvalue weighted by molar-refractivity contribution is 6.29. The summed E-state index contributed by atoms with van der Waals surface area (Å²) in [6, 6.07) is 4.37. The zero-order valence-electron chi connectivity index (χ0n) is 13.2. The average Bonchev–Trinajstić information content (AvgIpc) is 2.60. The van der Waals surface area contributed by atoms with Crippen molar-refractivity contribution in [2.45, 2.75) is 12.7 Å². The van der Waals surface area contributed by atoms with E-state index in [2.05, 4.69) is 15.3 Å². The van der Waals surface area contributed by atoms with Crippen molar-refractivity contribution in [1.82, 2.24) is 9.97 Å². The fourth-order valence-corrected chi connectivity index (χ4v) is 2.76. The SMILES string of the molecule is FC(F)(F)c1cc(N2CCOCC2)ccc1CNc1cncc(Cl)n1. The van der Waals surface area contributed by atoms with E-state index in [1.165, 1.54) is 24.5 Å². The molecule has 1 aliphatic rings. The molecule has 1 aromatic heterocycles. The van der Waals surface area contributed by atoms with Crippen LogP contribution in [-0.4, -0.2) is 36.3 Å². The van der Waals surface area contributed by atoms with Crippen LogP contribution in [0.15, 0.2) is 30.6 Å². The first-order valence-corrected chi connectivity index (χ1v) is 8.05. The summed E-state index contributed by atoms with van der Waals surface area (Å²) in [4.78, 5) is 9.69. The summed E-state index contributed by atoms with van der Waals surface area (Å²) in [6.07, 6.45) is -1.69. The molecule has 3 rings (SSSR count). The molecule has 134 valence electrons. The van der Waals surface area contributed by atoms with Gasteiger partial charge >= 0.3 is 6.18 Å². The first-order chi connectivity index (χ1) is 11.9. The van der Waals surface area contributed by atoms with Crippen LogP contribution < -0.4 is 10.2 Å². The van der Waals surface area contributed by atoms with Crippen molar-refractivity contribution in [3.8, 4) is 0 Å². The molecule has 5 nitrogen and oxygen atoms in total. The van der Waals surface area contributed by atoms with Crippen LogP contribution in [0, 0.1) is 0 Å². The summed E-state index contributed by atoms with van der Waals surface area (Å²) in [5, 5.41) is 2.99. The molecule has 0 radical (unpaired) electrons. The second kappa shape index (κ2) is 7.45. The number of anilines is 2. The van der Waals surface area contributed by atoms with Gasteiger partial charge in [-0.3, -0.25) is 4.98 Å². The highest BCUT2D eigenvalue weighted by atomic mass is 35.5. The van der Waals surface area contributed by atoms with Gasteiger partial charge in [0, 0.05) is 25.3 Å². The van der Waals surface area contributed by atoms with Gasteiger partial charge in [-0.2, -0.15) is 13.2 Å². The predicted octanol–water partition coefficient (Wildman–Crippen LogP) is 3.60. The average molecular weight is 373 g/mol. The number of alkyl halides is 3. The standard InChI is InChI=1S/C16H16ClF3N4O/c17-14-9-21-10-15(23-14)22-8-11-1-2-12(7-13(11)16(18,19)20)24-3-5-25-6-4-24/h1-2,7,9-10H,3-6,8H2,(H,22,23). The highest BCUT2D eigenvalue weighted by Crippen LogP contribution is 2.35. The number of hydrogen-bond acceptors (Lipinski definition) is 5. The third-order valence-corrected chi connectivity index (χ3v) is 4.02. The molecule has 2 aromatic rings. The Balaban J connectivity index is 1.82. The summed E-state index contributed by atoms with van der Waals surface area (Å²) >= 11 is 5.73. The lowest BCUT2D eigenvalue weighted by atomic mass is 10.0. The second-order valence-corrected chi connectivity index (χ2v) is 5.91. The predicted molar refractivity (Wildman–Crippen MR) is 88.8 cm³/mol. The van der Waals surface area contributed by atoms with E-state index in [1.807, 2.05) is 4.90 Å². The summed E-state index contributed by atoms with van der Waals surface area (Å²) in [5.41, 5.74) is 0.00665. The van der Waals surface area contributed by atoms with E-state index in [0.29, 0.717) is 37.8 Å². The topological polar surface area (TPSA) is 50.3 Å². The van der Waals surface area contributed by atoms with Crippen LogP contribution in [0.2, 0.25) is 5.15 Å². The van der Waals surface area contributed by atoms with E-state index in [1.54, 1.807) is 6.07 Å². The van der Waals surface area contributed by atoms with Gasteiger partial charge in [0.2, 0.25) is 0 Å². The zero-order chi connectivity index (χ0) is 17.9. The summed E-state index contributed by atoms with van der Waals surface area (Å²) in [7, 11) is 0. The number of hydrogen-bond donors (Lipinski definition) is 1. The Hall–Kier alpha value is -2.06. The van der Waals surface area contributed by atoms with Crippen molar-refractivity contribution in [1.29, 1.82) is 0 Å². The molecule has 9 heteroatoms. The normalized spacial score (nSPS) is 15.3. The van der Waals surface area contributed by atoms with Gasteiger partial charge in [0.25, 0.3) is 0 Å². The second-order valence-electron chi connectivity index (χ2n) is 5.52. The molecule has 0 unspecified atom stereocenters. The van der Waals surface area contributed by atoms with Crippen LogP contribution in [0.5, 0.6) is 0 Å². The highest BCUT2D eigenvalue weighted by Gasteiger charge is 2.34. The Morgan fingerprint density at radius 2 is 1.96 bits per heavy atom. The maximum absolute atomic E-state index is 13.5. The summed E-state index contributed by atoms with van der Waals surface area (Å²) in [6.45, 7) is 2.14. The lowest BCUT2D eigenvalue weighted by molar-refractivity contribution is -0.138. The molecule has 0 bridgehead atoms. The molecule has 0 saturated carbocycles. The molecule has 0 aliphatic carbocycles. The van der Waals surface area contributed by atoms with Gasteiger partial charge < -0.3 is 15.0 Å². The lowest BCUT2D eigenvalue weighted by Crippen LogP contribution is -2.36. The van der Waals surface area contributed by atoms with Crippen LogP contribution >= 0.6 is 11.6 Å². The summed E-state index contributed by atoms with van der Waals surface area (Å²) in [5.74, 6) is 0.317. The van der Waals surface area contributed by atoms with Crippen LogP contribution in [-0.2, 0) is 17.5 Å². The van der Waals surface area contributed by atoms with Crippen LogP contribution in [0.4, 0.5) is 24.7 Å². The Labute approximate surface area is 147 Å². The van der Waals surface area contributed by atoms with E-state index in [4.69, 9.17) is 16.3 Å². The van der Waals surface area contributed by atoms with E-state index >= 15 is 0 Å². The minimum absolute atomic E-state index is 0.0345. The molecular weight excluding hydrogens is 357 g/mol. The molecule has 25 heavy (non-hydrogen) atoms. The van der Waals surface area contributed by atoms with E-state index in [0.717, 1.165) is 0 Å². The molecule has 0 spiro atoms. The number of benzene rings is 1. The van der Waals surface area contributed by atoms with Gasteiger partial charge in [-0.15, -0.1) is 0 Å². The third kappa shape index (κ3) is 4.52. The Bertz CT molecular complexity index is 736. The van der Waals surface area contributed by atoms with Gasteiger partial charge in [0.05, 0.1) is 31.2 Å². The van der Waals surface area contributed by atoms with E-state index < -0.39 is 11.7 Å². The molecule has 0 amide bonds. The van der Waals surface area contributed by atoms with Gasteiger partial charge in [0.15, 0.2) is 0 Å². The monoisotopic (exact) mass is 372 g/mol. The van der Waals surface area contributed by atoms with Gasteiger partial charge in [-0.05, 0) is 17.7 Å². The number of nitrogens with one attached hydrogen (secondary N) is 1. The largest absolute Gasteiger partial charge is 0.416 e. The van der Waals surface area contributed by atoms with Gasteiger partial charge in [-0.1, -0.05) is 17.7 Å². The van der Waals surface area contributed by atoms with Gasteiger partial charge in [-0.25, -0.2) is 4.98 Å². The van der Waals surface area contributed by atoms with Crippen molar-refractivity contribution < 1.29 is 17.9 Å². The molecule has 1 aliphatic heterocycles. The van der Waals surface area contributed by atoms with Crippen LogP contribution in [0.1, 0.15) is 11.1 Å². The fourth-order valence-electron chi connectivity index (χ4n) is 2.61. The molecule has 0 atom stereocenters. The maximum atomic E-state index is 13.5. The van der Waals surface area contributed by atoms with Crippen molar-refractivity contribution in [3.63, 3.8) is 0 Å². The number of ether oxygens (including phenoxy) is 1. The van der Waals surface area contributed by atoms with Crippen LogP contribution in [0.25, 0.3) is 0 Å². The minimum atomic E-state index is -4.45. The Morgan fingerprint density at radius 1 is 1.20 bits per heavy atom. The molecule has 1 saturated heterocycles. The quantitative estimate of drug-likeness (QED) is 0.888. The number of halogens is 4. The Kier molecular flexibility index (Phi) is 5.29. The first-order valence-electron chi connectivity index (χ1n) is 7.68. The third-order valence-electron chi connectivity index (χ3n) is 3.84. The Morgan fingerprint density at radius 3 is 2.64 bits per heavy atom. The fraction of sp³-hybridized carbons (Fsp3) is 0.375. The first kappa shape index (κ1) is 17.8. The van der Waals surface area contributed by atoms with Crippen molar-refractivity contribution in [2.75, 3.05) is 36.5 Å². The minimum Gasteiger partial charge on any atom is -0.378 e. The molecule has 1 aromatic carbocycles. The number of aromatic nitrogens is 2. The smallest absolute Gasteiger partial charge is 0.378 e. The summed E-state index contributed by atoms with van der Waals surface area (Å²) < 4.78 is 45.6. The number of nitrogens with zero attached hydrogens (tertiary/aromatic N) is 3. The van der Waals surface area contributed by atoms with E-state index in [-0.39, 0.29) is 17.3 Å². The number of morpholine rings is 1. The molecule has 2 heterocycles. The molecule has 1 N–H and O–H groups in total. The van der Waals surface area contributed by atoms with E-state index in [9.17, 15) is 13.2 Å². The van der Waals surface area contributed by atoms with Crippen molar-refractivity contribution in [2.24, 2.45) is 0 Å². The molecule has 1 fully saturated rings.